The van der Waals surface area contributed by atoms with Crippen molar-refractivity contribution in [3.8, 4) is 10.4 Å². The molecule has 1 aromatic carbocycles. The van der Waals surface area contributed by atoms with Gasteiger partial charge in [0, 0.05) is 4.88 Å². The molecule has 3 rings (SSSR count). The zero-order chi connectivity index (χ0) is 15.7. The van der Waals surface area contributed by atoms with Gasteiger partial charge in [-0.25, -0.2) is 4.79 Å². The zero-order valence-corrected chi connectivity index (χ0v) is 13.1. The van der Waals surface area contributed by atoms with Crippen molar-refractivity contribution >= 4 is 23.2 Å². The Kier molecular flexibility index (Phi) is 3.98. The lowest BCUT2D eigenvalue weighted by Gasteiger charge is -2.15. The van der Waals surface area contributed by atoms with Gasteiger partial charge >= 0.3 is 5.97 Å². The highest BCUT2D eigenvalue weighted by Crippen LogP contribution is 2.39. The van der Waals surface area contributed by atoms with Crippen molar-refractivity contribution in [1.82, 2.24) is 5.32 Å². The minimum atomic E-state index is -0.998. The van der Waals surface area contributed by atoms with Crippen molar-refractivity contribution in [2.75, 3.05) is 0 Å². The van der Waals surface area contributed by atoms with Crippen LogP contribution >= 0.6 is 11.3 Å². The molecule has 1 unspecified atom stereocenters. The molecule has 1 amide bonds. The number of carboxylic acid groups (broad SMARTS) is 1. The molecule has 0 radical (unpaired) electrons. The lowest BCUT2D eigenvalue weighted by atomic mass is 9.91. The lowest BCUT2D eigenvalue weighted by molar-refractivity contribution is -0.139. The number of aryl methyl sites for hydroxylation is 2. The average Bonchev–Trinajstić information content (AvgIpc) is 2.96. The number of fused-ring (bicyclic) bond motifs is 3. The summed E-state index contributed by atoms with van der Waals surface area (Å²) in [7, 11) is 0. The van der Waals surface area contributed by atoms with Crippen LogP contribution in [-0.2, 0) is 17.6 Å². The third-order valence-electron chi connectivity index (χ3n) is 3.97. The Bertz CT molecular complexity index is 735. The second-order valence-electron chi connectivity index (χ2n) is 5.39. The number of benzene rings is 1. The van der Waals surface area contributed by atoms with E-state index in [4.69, 9.17) is 5.11 Å². The van der Waals surface area contributed by atoms with Crippen LogP contribution in [0.15, 0.2) is 30.3 Å². The molecule has 0 saturated heterocycles. The zero-order valence-electron chi connectivity index (χ0n) is 12.3. The molecule has 2 N–H and O–H groups in total. The number of hydrogen-bond donors (Lipinski definition) is 2. The normalized spacial score (nSPS) is 13.9. The van der Waals surface area contributed by atoms with Crippen LogP contribution in [0.2, 0.25) is 0 Å². The molecule has 1 aliphatic carbocycles. The quantitative estimate of drug-likeness (QED) is 0.911. The predicted octanol–water partition coefficient (Wildman–Crippen LogP) is 3.11. The number of thiophene rings is 1. The SMILES string of the molecule is CCC(NC(=O)c1cc2c(s1)-c1ccccc1CC2)C(=O)O. The second kappa shape index (κ2) is 5.93. The van der Waals surface area contributed by atoms with Crippen LogP contribution in [0.4, 0.5) is 0 Å². The smallest absolute Gasteiger partial charge is 0.326 e. The molecule has 4 nitrogen and oxygen atoms in total. The summed E-state index contributed by atoms with van der Waals surface area (Å²) in [6.45, 7) is 1.74. The number of carbonyl (C=O) groups is 2. The van der Waals surface area contributed by atoms with Crippen molar-refractivity contribution < 1.29 is 14.7 Å². The summed E-state index contributed by atoms with van der Waals surface area (Å²) in [4.78, 5) is 25.0. The molecule has 2 aromatic rings. The number of rotatable bonds is 4. The van der Waals surface area contributed by atoms with E-state index in [1.165, 1.54) is 28.0 Å². The Balaban J connectivity index is 1.88. The minimum absolute atomic E-state index is 0.300. The monoisotopic (exact) mass is 315 g/mol. The molecule has 1 heterocycles. The van der Waals surface area contributed by atoms with Gasteiger partial charge in [0.05, 0.1) is 4.88 Å². The summed E-state index contributed by atoms with van der Waals surface area (Å²) in [6, 6.07) is 9.31. The molecule has 0 spiro atoms. The van der Waals surface area contributed by atoms with Crippen LogP contribution in [0.5, 0.6) is 0 Å². The van der Waals surface area contributed by atoms with E-state index in [0.29, 0.717) is 11.3 Å². The Morgan fingerprint density at radius 1 is 1.27 bits per heavy atom. The fourth-order valence-corrected chi connectivity index (χ4v) is 3.93. The van der Waals surface area contributed by atoms with Crippen LogP contribution in [0.1, 0.15) is 34.1 Å². The van der Waals surface area contributed by atoms with Crippen molar-refractivity contribution in [1.29, 1.82) is 0 Å². The predicted molar refractivity (Wildman–Crippen MR) is 86.3 cm³/mol. The molecule has 1 aliphatic rings. The Morgan fingerprint density at radius 2 is 2.00 bits per heavy atom. The van der Waals surface area contributed by atoms with Gasteiger partial charge in [0.25, 0.3) is 5.91 Å². The maximum atomic E-state index is 12.3. The highest BCUT2D eigenvalue weighted by Gasteiger charge is 2.24. The van der Waals surface area contributed by atoms with Crippen molar-refractivity contribution in [3.63, 3.8) is 0 Å². The molecule has 114 valence electrons. The fraction of sp³-hybridized carbons (Fsp3) is 0.294. The van der Waals surface area contributed by atoms with Gasteiger partial charge in [-0.15, -0.1) is 11.3 Å². The summed E-state index contributed by atoms with van der Waals surface area (Å²) < 4.78 is 0. The van der Waals surface area contributed by atoms with E-state index >= 15 is 0 Å². The topological polar surface area (TPSA) is 66.4 Å². The highest BCUT2D eigenvalue weighted by molar-refractivity contribution is 7.17. The number of amides is 1. The maximum absolute atomic E-state index is 12.3. The number of nitrogens with one attached hydrogen (secondary N) is 1. The van der Waals surface area contributed by atoms with Crippen LogP contribution in [0.25, 0.3) is 10.4 Å². The van der Waals surface area contributed by atoms with Gasteiger partial charge in [-0.3, -0.25) is 4.79 Å². The van der Waals surface area contributed by atoms with Crippen LogP contribution in [-0.4, -0.2) is 23.0 Å². The fourth-order valence-electron chi connectivity index (χ4n) is 2.75. The van der Waals surface area contributed by atoms with Crippen LogP contribution in [0, 0.1) is 0 Å². The Labute approximate surface area is 132 Å². The van der Waals surface area contributed by atoms with Gasteiger partial charge < -0.3 is 10.4 Å². The first kappa shape index (κ1) is 14.8. The standard InChI is InChI=1S/C17H17NO3S/c1-2-13(17(20)21)18-16(19)14-9-11-8-7-10-5-3-4-6-12(10)15(11)22-14/h3-6,9,13H,2,7-8H2,1H3,(H,18,19)(H,20,21). The Hall–Kier alpha value is -2.14. The first-order valence-corrected chi connectivity index (χ1v) is 8.16. The van der Waals surface area contributed by atoms with Crippen LogP contribution < -0.4 is 5.32 Å². The second-order valence-corrected chi connectivity index (χ2v) is 6.45. The molecule has 0 aliphatic heterocycles. The van der Waals surface area contributed by atoms with E-state index in [9.17, 15) is 9.59 Å². The number of carbonyl (C=O) groups excluding carboxylic acids is 1. The van der Waals surface area contributed by atoms with E-state index in [-0.39, 0.29) is 5.91 Å². The van der Waals surface area contributed by atoms with E-state index in [2.05, 4.69) is 17.4 Å². The number of aliphatic carboxylic acids is 1. The third-order valence-corrected chi connectivity index (χ3v) is 5.18. The van der Waals surface area contributed by atoms with E-state index in [1.54, 1.807) is 6.92 Å². The Morgan fingerprint density at radius 3 is 2.73 bits per heavy atom. The molecule has 22 heavy (non-hydrogen) atoms. The van der Waals surface area contributed by atoms with Gasteiger partial charge in [-0.05, 0) is 42.0 Å². The van der Waals surface area contributed by atoms with E-state index < -0.39 is 12.0 Å². The molecule has 5 heteroatoms. The summed E-state index contributed by atoms with van der Waals surface area (Å²) in [5.41, 5.74) is 3.68. The molecule has 0 saturated carbocycles. The molecule has 0 fully saturated rings. The summed E-state index contributed by atoms with van der Waals surface area (Å²) in [5, 5.41) is 11.6. The molecule has 0 bridgehead atoms. The molecule has 1 aromatic heterocycles. The van der Waals surface area contributed by atoms with Gasteiger partial charge in [-0.2, -0.15) is 0 Å². The van der Waals surface area contributed by atoms with Crippen molar-refractivity contribution in [3.05, 3.63) is 46.3 Å². The van der Waals surface area contributed by atoms with Gasteiger partial charge in [0.15, 0.2) is 0 Å². The van der Waals surface area contributed by atoms with Gasteiger partial charge in [0.1, 0.15) is 6.04 Å². The first-order valence-electron chi connectivity index (χ1n) is 7.34. The van der Waals surface area contributed by atoms with E-state index in [0.717, 1.165) is 17.7 Å². The lowest BCUT2D eigenvalue weighted by Crippen LogP contribution is -2.39. The van der Waals surface area contributed by atoms with Crippen molar-refractivity contribution in [2.24, 2.45) is 0 Å². The molecular formula is C17H17NO3S. The summed E-state index contributed by atoms with van der Waals surface area (Å²) in [6.07, 6.45) is 2.27. The van der Waals surface area contributed by atoms with E-state index in [1.807, 2.05) is 18.2 Å². The minimum Gasteiger partial charge on any atom is -0.480 e. The summed E-state index contributed by atoms with van der Waals surface area (Å²) >= 11 is 1.45. The summed E-state index contributed by atoms with van der Waals surface area (Å²) in [5.74, 6) is -1.30. The maximum Gasteiger partial charge on any atom is 0.326 e. The van der Waals surface area contributed by atoms with Crippen molar-refractivity contribution in [2.45, 2.75) is 32.2 Å². The average molecular weight is 315 g/mol. The number of hydrogen-bond acceptors (Lipinski definition) is 3. The number of carboxylic acids is 1. The van der Waals surface area contributed by atoms with Crippen LogP contribution in [0.3, 0.4) is 0 Å². The largest absolute Gasteiger partial charge is 0.480 e. The van der Waals surface area contributed by atoms with Gasteiger partial charge in [0.2, 0.25) is 0 Å². The first-order chi connectivity index (χ1) is 10.6. The molecule has 1 atom stereocenters. The third kappa shape index (κ3) is 2.64. The highest BCUT2D eigenvalue weighted by atomic mass is 32.1. The molecular weight excluding hydrogens is 298 g/mol. The van der Waals surface area contributed by atoms with Gasteiger partial charge in [-0.1, -0.05) is 31.2 Å².